The summed E-state index contributed by atoms with van der Waals surface area (Å²) < 4.78 is 56.7. The number of anilines is 5. The summed E-state index contributed by atoms with van der Waals surface area (Å²) in [4.78, 5) is 8.20. The molecule has 2 aromatic carbocycles. The summed E-state index contributed by atoms with van der Waals surface area (Å²) in [5.74, 6) is 0.457. The van der Waals surface area contributed by atoms with E-state index in [1.165, 1.54) is 21.3 Å². The zero-order valence-electron chi connectivity index (χ0n) is 19.6. The van der Waals surface area contributed by atoms with Gasteiger partial charge in [0.05, 0.1) is 45.2 Å². The molecule has 0 aliphatic rings. The lowest BCUT2D eigenvalue weighted by atomic mass is 10.1. The minimum Gasteiger partial charge on any atom is -0.493 e. The second kappa shape index (κ2) is 10.00. The van der Waals surface area contributed by atoms with Crippen molar-refractivity contribution in [3.05, 3.63) is 47.4 Å². The molecule has 10 nitrogen and oxygen atoms in total. The van der Waals surface area contributed by atoms with Gasteiger partial charge in [0.15, 0.2) is 23.1 Å². The fourth-order valence-corrected chi connectivity index (χ4v) is 3.95. The summed E-state index contributed by atoms with van der Waals surface area (Å²) in [6, 6.07) is 6.80. The molecule has 0 aliphatic heterocycles. The number of ether oxygens (including phenoxy) is 3. The van der Waals surface area contributed by atoms with Crippen LogP contribution in [0.5, 0.6) is 17.2 Å². The molecule has 3 aromatic rings. The molecule has 3 N–H and O–H groups in total. The number of methoxy groups -OCH3 is 3. The lowest BCUT2D eigenvalue weighted by Crippen LogP contribution is -2.13. The molecule has 0 unspecified atom stereocenters. The van der Waals surface area contributed by atoms with E-state index in [2.05, 4.69) is 25.3 Å². The van der Waals surface area contributed by atoms with Gasteiger partial charge in [-0.25, -0.2) is 17.8 Å². The number of nitrogens with zero attached hydrogens (tertiary/aromatic N) is 2. The molecule has 0 saturated heterocycles. The Morgan fingerprint density at radius 1 is 0.941 bits per heavy atom. The third kappa shape index (κ3) is 5.76. The van der Waals surface area contributed by atoms with Gasteiger partial charge in [-0.3, -0.25) is 4.72 Å². The number of aromatic nitrogens is 2. The van der Waals surface area contributed by atoms with Crippen molar-refractivity contribution in [2.45, 2.75) is 13.8 Å². The van der Waals surface area contributed by atoms with Crippen molar-refractivity contribution in [2.24, 2.45) is 0 Å². The second-order valence-electron chi connectivity index (χ2n) is 7.43. The molecule has 0 radical (unpaired) electrons. The fraction of sp³-hybridized carbons (Fsp3) is 0.273. The molecular formula is C22H26FN5O5S. The molecule has 3 rings (SSSR count). The van der Waals surface area contributed by atoms with Crippen LogP contribution in [0.15, 0.2) is 30.5 Å². The predicted octanol–water partition coefficient (Wildman–Crippen LogP) is 4.12. The highest BCUT2D eigenvalue weighted by molar-refractivity contribution is 7.92. The van der Waals surface area contributed by atoms with Crippen LogP contribution in [0.25, 0.3) is 0 Å². The predicted molar refractivity (Wildman–Crippen MR) is 129 cm³/mol. The van der Waals surface area contributed by atoms with Gasteiger partial charge < -0.3 is 24.8 Å². The summed E-state index contributed by atoms with van der Waals surface area (Å²) in [5, 5.41) is 5.85. The van der Waals surface area contributed by atoms with Gasteiger partial charge in [-0.2, -0.15) is 4.98 Å². The molecule has 0 bridgehead atoms. The number of rotatable bonds is 9. The van der Waals surface area contributed by atoms with Crippen LogP contribution in [-0.2, 0) is 10.0 Å². The molecule has 12 heteroatoms. The third-order valence-corrected chi connectivity index (χ3v) is 5.26. The molecule has 1 aromatic heterocycles. The number of halogens is 1. The summed E-state index contributed by atoms with van der Waals surface area (Å²) in [6.45, 7) is 3.59. The lowest BCUT2D eigenvalue weighted by Gasteiger charge is -2.17. The van der Waals surface area contributed by atoms with E-state index in [0.717, 1.165) is 18.0 Å². The van der Waals surface area contributed by atoms with Gasteiger partial charge in [-0.15, -0.1) is 0 Å². The van der Waals surface area contributed by atoms with Gasteiger partial charge in [0.2, 0.25) is 21.7 Å². The van der Waals surface area contributed by atoms with Gasteiger partial charge in [-0.1, -0.05) is 6.07 Å². The first-order valence-corrected chi connectivity index (χ1v) is 11.9. The highest BCUT2D eigenvalue weighted by atomic mass is 32.2. The Morgan fingerprint density at radius 2 is 1.59 bits per heavy atom. The third-order valence-electron chi connectivity index (χ3n) is 4.69. The average molecular weight is 492 g/mol. The first-order chi connectivity index (χ1) is 16.0. The van der Waals surface area contributed by atoms with Gasteiger partial charge in [-0.05, 0) is 31.0 Å². The molecule has 0 atom stereocenters. The highest BCUT2D eigenvalue weighted by Crippen LogP contribution is 2.40. The minimum absolute atomic E-state index is 0.0835. The summed E-state index contributed by atoms with van der Waals surface area (Å²) in [6.07, 6.45) is 2.04. The van der Waals surface area contributed by atoms with E-state index < -0.39 is 15.8 Å². The van der Waals surface area contributed by atoms with Crippen LogP contribution >= 0.6 is 0 Å². The zero-order valence-corrected chi connectivity index (χ0v) is 20.4. The molecule has 182 valence electrons. The van der Waals surface area contributed by atoms with E-state index in [1.54, 1.807) is 25.1 Å². The molecule has 0 aliphatic carbocycles. The first-order valence-electron chi connectivity index (χ1n) is 10.00. The van der Waals surface area contributed by atoms with Crippen LogP contribution in [-0.4, -0.2) is 46.0 Å². The van der Waals surface area contributed by atoms with Crippen LogP contribution in [0.1, 0.15) is 11.1 Å². The van der Waals surface area contributed by atoms with Crippen molar-refractivity contribution in [1.82, 2.24) is 9.97 Å². The van der Waals surface area contributed by atoms with Gasteiger partial charge in [0.1, 0.15) is 0 Å². The smallest absolute Gasteiger partial charge is 0.229 e. The Balaban J connectivity index is 1.98. The maximum atomic E-state index is 14.6. The standard InChI is InChI=1S/C22H26FN5O5S/c1-12-7-13(2)19(28-34(6,29)30)16(8-12)26-21-15(23)11-24-22(27-21)25-14-9-17(31-3)20(33-5)18(10-14)32-4/h7-11,28H,1-6H3,(H2,24,25,26,27). The number of hydrogen-bond acceptors (Lipinski definition) is 9. The molecule has 0 amide bonds. The monoisotopic (exact) mass is 491 g/mol. The Kier molecular flexibility index (Phi) is 7.30. The van der Waals surface area contributed by atoms with Crippen LogP contribution in [0, 0.1) is 19.7 Å². The Morgan fingerprint density at radius 3 is 2.15 bits per heavy atom. The maximum Gasteiger partial charge on any atom is 0.229 e. The number of nitrogens with one attached hydrogen (secondary N) is 3. The van der Waals surface area contributed by atoms with Crippen molar-refractivity contribution in [1.29, 1.82) is 0 Å². The average Bonchev–Trinajstić information content (AvgIpc) is 2.77. The molecule has 0 fully saturated rings. The number of hydrogen-bond donors (Lipinski definition) is 3. The van der Waals surface area contributed by atoms with Gasteiger partial charge in [0, 0.05) is 17.8 Å². The largest absolute Gasteiger partial charge is 0.493 e. The van der Waals surface area contributed by atoms with Gasteiger partial charge in [0.25, 0.3) is 0 Å². The summed E-state index contributed by atoms with van der Waals surface area (Å²) >= 11 is 0. The van der Waals surface area contributed by atoms with Gasteiger partial charge >= 0.3 is 0 Å². The van der Waals surface area contributed by atoms with Crippen molar-refractivity contribution >= 4 is 38.9 Å². The molecule has 0 spiro atoms. The Hall–Kier alpha value is -3.80. The van der Waals surface area contributed by atoms with Crippen molar-refractivity contribution < 1.29 is 27.0 Å². The summed E-state index contributed by atoms with van der Waals surface area (Å²) in [5.41, 5.74) is 2.67. The normalized spacial score (nSPS) is 11.0. The van der Waals surface area contributed by atoms with E-state index in [0.29, 0.717) is 39.9 Å². The van der Waals surface area contributed by atoms with Crippen LogP contribution in [0.2, 0.25) is 0 Å². The number of sulfonamides is 1. The minimum atomic E-state index is -3.57. The van der Waals surface area contributed by atoms with E-state index in [9.17, 15) is 12.8 Å². The van der Waals surface area contributed by atoms with Crippen molar-refractivity contribution in [3.63, 3.8) is 0 Å². The highest BCUT2D eigenvalue weighted by Gasteiger charge is 2.17. The molecule has 34 heavy (non-hydrogen) atoms. The van der Waals surface area contributed by atoms with E-state index in [1.807, 2.05) is 13.0 Å². The lowest BCUT2D eigenvalue weighted by molar-refractivity contribution is 0.324. The quantitative estimate of drug-likeness (QED) is 0.405. The maximum absolute atomic E-state index is 14.6. The van der Waals surface area contributed by atoms with Crippen LogP contribution in [0.4, 0.5) is 33.2 Å². The van der Waals surface area contributed by atoms with Crippen molar-refractivity contribution in [2.75, 3.05) is 42.9 Å². The van der Waals surface area contributed by atoms with Crippen LogP contribution in [0.3, 0.4) is 0 Å². The SMILES string of the molecule is COc1cc(Nc2ncc(F)c(Nc3cc(C)cc(C)c3NS(C)(=O)=O)n2)cc(OC)c1OC. The molecule has 1 heterocycles. The fourth-order valence-electron chi connectivity index (χ4n) is 3.31. The molecule has 0 saturated carbocycles. The second-order valence-corrected chi connectivity index (χ2v) is 9.18. The van der Waals surface area contributed by atoms with E-state index in [4.69, 9.17) is 14.2 Å². The van der Waals surface area contributed by atoms with Crippen molar-refractivity contribution in [3.8, 4) is 17.2 Å². The number of aryl methyl sites for hydroxylation is 2. The Labute approximate surface area is 197 Å². The Bertz CT molecular complexity index is 1290. The first kappa shape index (κ1) is 24.8. The van der Waals surface area contributed by atoms with E-state index in [-0.39, 0.29) is 11.8 Å². The zero-order chi connectivity index (χ0) is 25.0. The van der Waals surface area contributed by atoms with E-state index >= 15 is 0 Å². The van der Waals surface area contributed by atoms with Crippen LogP contribution < -0.4 is 29.6 Å². The molecular weight excluding hydrogens is 465 g/mol. The number of benzene rings is 2. The summed E-state index contributed by atoms with van der Waals surface area (Å²) in [7, 11) is 0.905. The topological polar surface area (TPSA) is 124 Å².